The Morgan fingerprint density at radius 2 is 1.61 bits per heavy atom. The van der Waals surface area contributed by atoms with Crippen LogP contribution in [0, 0.1) is 23.7 Å². The summed E-state index contributed by atoms with van der Waals surface area (Å²) in [4.78, 5) is 17.6. The van der Waals surface area contributed by atoms with Gasteiger partial charge in [0.05, 0.1) is 5.92 Å². The standard InChI is InChI=1S/C24H42F3N5O/c1-5-15-6-8-16(9-7-15)19-14-20(32-31-19)28-22(30-23(2,3)4)29-21(33)17-10-12-18(13-11-17)24(25,26)27/h15-20,31-32H,5-14H2,1-4H3,(H2,28,29,30,33). The molecule has 0 spiro atoms. The fraction of sp³-hybridized carbons (Fsp3) is 0.917. The zero-order valence-corrected chi connectivity index (χ0v) is 20.5. The summed E-state index contributed by atoms with van der Waals surface area (Å²) in [5.41, 5.74) is 6.36. The Hall–Kier alpha value is -1.35. The number of nitrogens with one attached hydrogen (secondary N) is 4. The molecule has 2 saturated carbocycles. The van der Waals surface area contributed by atoms with Gasteiger partial charge in [-0.25, -0.2) is 10.4 Å². The molecule has 33 heavy (non-hydrogen) atoms. The second-order valence-corrected chi connectivity index (χ2v) is 11.3. The van der Waals surface area contributed by atoms with Gasteiger partial charge in [0.2, 0.25) is 5.91 Å². The lowest BCUT2D eigenvalue weighted by atomic mass is 9.77. The average molecular weight is 474 g/mol. The second-order valence-electron chi connectivity index (χ2n) is 11.3. The van der Waals surface area contributed by atoms with Crippen LogP contribution in [0.4, 0.5) is 13.2 Å². The molecular weight excluding hydrogens is 431 g/mol. The molecule has 2 unspecified atom stereocenters. The number of amides is 1. The van der Waals surface area contributed by atoms with Crippen LogP contribution in [0.15, 0.2) is 4.99 Å². The van der Waals surface area contributed by atoms with E-state index in [0.717, 1.165) is 12.3 Å². The Morgan fingerprint density at radius 1 is 0.970 bits per heavy atom. The first kappa shape index (κ1) is 26.3. The van der Waals surface area contributed by atoms with E-state index in [1.54, 1.807) is 0 Å². The Morgan fingerprint density at radius 3 is 2.15 bits per heavy atom. The van der Waals surface area contributed by atoms with E-state index in [2.05, 4.69) is 28.4 Å². The van der Waals surface area contributed by atoms with Gasteiger partial charge in [-0.05, 0) is 71.1 Å². The van der Waals surface area contributed by atoms with Crippen LogP contribution < -0.4 is 21.5 Å². The van der Waals surface area contributed by atoms with Crippen molar-refractivity contribution >= 4 is 11.9 Å². The molecule has 1 amide bonds. The molecule has 6 nitrogen and oxygen atoms in total. The number of aliphatic imine (C=N–C) groups is 1. The lowest BCUT2D eigenvalue weighted by molar-refractivity contribution is -0.184. The molecule has 1 heterocycles. The van der Waals surface area contributed by atoms with Gasteiger partial charge >= 0.3 is 6.18 Å². The molecule has 4 N–H and O–H groups in total. The van der Waals surface area contributed by atoms with Gasteiger partial charge in [-0.3, -0.25) is 15.5 Å². The lowest BCUT2D eigenvalue weighted by Crippen LogP contribution is -2.52. The number of carbonyl (C=O) groups is 1. The average Bonchev–Trinajstić information content (AvgIpc) is 3.20. The molecule has 0 aromatic rings. The second kappa shape index (κ2) is 10.9. The highest BCUT2D eigenvalue weighted by Gasteiger charge is 2.42. The number of guanidine groups is 1. The molecular formula is C24H42F3N5O. The van der Waals surface area contributed by atoms with Crippen molar-refractivity contribution in [3.05, 3.63) is 0 Å². The summed E-state index contributed by atoms with van der Waals surface area (Å²) in [6, 6.07) is 0.362. The fourth-order valence-corrected chi connectivity index (χ4v) is 5.46. The van der Waals surface area contributed by atoms with Gasteiger partial charge < -0.3 is 5.32 Å². The zero-order valence-electron chi connectivity index (χ0n) is 20.5. The van der Waals surface area contributed by atoms with Gasteiger partial charge in [0.15, 0.2) is 5.96 Å². The van der Waals surface area contributed by atoms with E-state index in [4.69, 9.17) is 4.99 Å². The summed E-state index contributed by atoms with van der Waals surface area (Å²) in [5.74, 6) is -0.0647. The van der Waals surface area contributed by atoms with E-state index in [0.29, 0.717) is 17.9 Å². The predicted molar refractivity (Wildman–Crippen MR) is 124 cm³/mol. The van der Waals surface area contributed by atoms with Crippen LogP contribution in [0.1, 0.15) is 91.9 Å². The fourth-order valence-electron chi connectivity index (χ4n) is 5.46. The number of hydrazine groups is 1. The molecule has 2 atom stereocenters. The van der Waals surface area contributed by atoms with Crippen molar-refractivity contribution in [3.63, 3.8) is 0 Å². The first-order valence-electron chi connectivity index (χ1n) is 12.7. The Labute approximate surface area is 196 Å². The van der Waals surface area contributed by atoms with Crippen LogP contribution in [-0.2, 0) is 4.79 Å². The Balaban J connectivity index is 1.57. The maximum atomic E-state index is 13.0. The van der Waals surface area contributed by atoms with Gasteiger partial charge in [-0.15, -0.1) is 0 Å². The summed E-state index contributed by atoms with van der Waals surface area (Å²) in [7, 11) is 0. The molecule has 9 heteroatoms. The van der Waals surface area contributed by atoms with Crippen molar-refractivity contribution in [3.8, 4) is 0 Å². The van der Waals surface area contributed by atoms with Crippen molar-refractivity contribution in [2.45, 2.75) is 116 Å². The molecule has 0 bridgehead atoms. The lowest BCUT2D eigenvalue weighted by Gasteiger charge is -2.31. The minimum Gasteiger partial charge on any atom is -0.351 e. The minimum atomic E-state index is -4.17. The van der Waals surface area contributed by atoms with E-state index >= 15 is 0 Å². The number of nitrogens with zero attached hydrogens (tertiary/aromatic N) is 1. The van der Waals surface area contributed by atoms with Crippen LogP contribution in [0.25, 0.3) is 0 Å². The van der Waals surface area contributed by atoms with Crippen LogP contribution in [-0.4, -0.2) is 35.8 Å². The molecule has 0 aromatic heterocycles. The third kappa shape index (κ3) is 7.84. The molecule has 0 aromatic carbocycles. The molecule has 3 fully saturated rings. The number of halogens is 3. The SMILES string of the molecule is CCC1CCC(C2CC(/N=C(/NC(=O)C3CCC(C(F)(F)F)CC3)NC(C)(C)C)NN2)CC1. The first-order chi connectivity index (χ1) is 15.4. The summed E-state index contributed by atoms with van der Waals surface area (Å²) in [5, 5.41) is 6.15. The third-order valence-corrected chi connectivity index (χ3v) is 7.53. The maximum Gasteiger partial charge on any atom is 0.391 e. The van der Waals surface area contributed by atoms with Crippen LogP contribution in [0.2, 0.25) is 0 Å². The van der Waals surface area contributed by atoms with Crippen molar-refractivity contribution in [1.29, 1.82) is 0 Å². The number of alkyl halides is 3. The smallest absolute Gasteiger partial charge is 0.351 e. The highest BCUT2D eigenvalue weighted by Crippen LogP contribution is 2.39. The summed E-state index contributed by atoms with van der Waals surface area (Å²) in [6.07, 6.45) is 3.35. The van der Waals surface area contributed by atoms with E-state index in [1.165, 1.54) is 32.1 Å². The number of rotatable bonds is 4. The van der Waals surface area contributed by atoms with Gasteiger partial charge in [0.25, 0.3) is 0 Å². The monoisotopic (exact) mass is 473 g/mol. The van der Waals surface area contributed by atoms with Crippen LogP contribution >= 0.6 is 0 Å². The Kier molecular flexibility index (Phi) is 8.70. The summed E-state index contributed by atoms with van der Waals surface area (Å²) >= 11 is 0. The van der Waals surface area contributed by atoms with E-state index < -0.39 is 18.0 Å². The number of hydrogen-bond acceptors (Lipinski definition) is 4. The zero-order chi connectivity index (χ0) is 24.2. The third-order valence-electron chi connectivity index (χ3n) is 7.53. The Bertz CT molecular complexity index is 675. The van der Waals surface area contributed by atoms with Gasteiger partial charge in [-0.2, -0.15) is 13.2 Å². The van der Waals surface area contributed by atoms with Crippen LogP contribution in [0.3, 0.4) is 0 Å². The molecule has 1 saturated heterocycles. The summed E-state index contributed by atoms with van der Waals surface area (Å²) in [6.45, 7) is 8.22. The molecule has 0 radical (unpaired) electrons. The van der Waals surface area contributed by atoms with Crippen molar-refractivity contribution in [1.82, 2.24) is 21.5 Å². The molecule has 190 valence electrons. The van der Waals surface area contributed by atoms with E-state index in [9.17, 15) is 18.0 Å². The van der Waals surface area contributed by atoms with Gasteiger partial charge in [0, 0.05) is 23.9 Å². The highest BCUT2D eigenvalue weighted by atomic mass is 19.4. The van der Waals surface area contributed by atoms with Gasteiger partial charge in [0.1, 0.15) is 6.17 Å². The predicted octanol–water partition coefficient (Wildman–Crippen LogP) is 4.62. The first-order valence-corrected chi connectivity index (χ1v) is 12.7. The topological polar surface area (TPSA) is 77.5 Å². The minimum absolute atomic E-state index is 0.0107. The van der Waals surface area contributed by atoms with E-state index in [-0.39, 0.29) is 43.3 Å². The van der Waals surface area contributed by atoms with Crippen LogP contribution in [0.5, 0.6) is 0 Å². The number of hydrogen-bond donors (Lipinski definition) is 4. The normalized spacial score (nSPS) is 34.2. The van der Waals surface area contributed by atoms with Gasteiger partial charge in [-0.1, -0.05) is 26.2 Å². The van der Waals surface area contributed by atoms with E-state index in [1.807, 2.05) is 20.8 Å². The van der Waals surface area contributed by atoms with Crippen molar-refractivity contribution < 1.29 is 18.0 Å². The van der Waals surface area contributed by atoms with Crippen molar-refractivity contribution in [2.75, 3.05) is 0 Å². The molecule has 3 aliphatic rings. The quantitative estimate of drug-likeness (QED) is 0.355. The maximum absolute atomic E-state index is 13.0. The summed E-state index contributed by atoms with van der Waals surface area (Å²) < 4.78 is 38.9. The highest BCUT2D eigenvalue weighted by molar-refractivity contribution is 5.98. The van der Waals surface area contributed by atoms with Crippen molar-refractivity contribution in [2.24, 2.45) is 28.7 Å². The molecule has 2 aliphatic carbocycles. The largest absolute Gasteiger partial charge is 0.391 e. The molecule has 3 rings (SSSR count). The molecule has 1 aliphatic heterocycles. The number of carbonyl (C=O) groups excluding carboxylic acids is 1.